The van der Waals surface area contributed by atoms with Gasteiger partial charge in [0.25, 0.3) is 0 Å². The number of nitrogens with zero attached hydrogens (tertiary/aromatic N) is 3. The number of rotatable bonds is 11. The van der Waals surface area contributed by atoms with Gasteiger partial charge in [0.1, 0.15) is 16.8 Å². The van der Waals surface area contributed by atoms with Crippen LogP contribution in [0.25, 0.3) is 0 Å². The lowest BCUT2D eigenvalue weighted by Crippen LogP contribution is -2.31. The zero-order valence-corrected chi connectivity index (χ0v) is 22.9. The van der Waals surface area contributed by atoms with Crippen LogP contribution in [0.2, 0.25) is 0 Å². The van der Waals surface area contributed by atoms with E-state index in [-0.39, 0.29) is 23.7 Å². The normalized spacial score (nSPS) is 14.6. The van der Waals surface area contributed by atoms with Gasteiger partial charge in [-0.15, -0.1) is 0 Å². The van der Waals surface area contributed by atoms with E-state index in [0.29, 0.717) is 27.6 Å². The number of carbonyl (C=O) groups excluding carboxylic acids is 4. The number of amides is 2. The molecule has 1 atom stereocenters. The van der Waals surface area contributed by atoms with Gasteiger partial charge in [-0.25, -0.2) is 14.7 Å². The number of imide groups is 1. The number of ketones is 1. The summed E-state index contributed by atoms with van der Waals surface area (Å²) in [4.78, 5) is 56.4. The van der Waals surface area contributed by atoms with E-state index in [1.807, 2.05) is 6.07 Å². The van der Waals surface area contributed by atoms with Crippen LogP contribution >= 0.6 is 11.8 Å². The fraction of sp³-hybridized carbons (Fsp3) is 0.267. The molecule has 1 aliphatic heterocycles. The minimum atomic E-state index is -0.720. The van der Waals surface area contributed by atoms with E-state index in [9.17, 15) is 24.4 Å². The van der Waals surface area contributed by atoms with Gasteiger partial charge in [-0.3, -0.25) is 14.4 Å². The van der Waals surface area contributed by atoms with Crippen LogP contribution in [0.3, 0.4) is 0 Å². The zero-order chi connectivity index (χ0) is 28.6. The number of pyridine rings is 1. The first kappa shape index (κ1) is 28.5. The molecule has 1 unspecified atom stereocenters. The Morgan fingerprint density at radius 2 is 1.75 bits per heavy atom. The number of hydrogen-bond acceptors (Lipinski definition) is 9. The number of benzene rings is 2. The summed E-state index contributed by atoms with van der Waals surface area (Å²) >= 11 is 1.12. The van der Waals surface area contributed by atoms with Gasteiger partial charge < -0.3 is 9.47 Å². The van der Waals surface area contributed by atoms with Crippen LogP contribution in [-0.2, 0) is 20.7 Å². The highest BCUT2D eigenvalue weighted by molar-refractivity contribution is 8.00. The van der Waals surface area contributed by atoms with E-state index < -0.39 is 23.7 Å². The summed E-state index contributed by atoms with van der Waals surface area (Å²) in [6.07, 6.45) is 2.70. The molecule has 0 aliphatic carbocycles. The predicted octanol–water partition coefficient (Wildman–Crippen LogP) is 4.77. The third kappa shape index (κ3) is 6.55. The third-order valence-electron chi connectivity index (χ3n) is 6.29. The molecule has 4 rings (SSSR count). The SMILES string of the molecule is CCCCc1ccc(C#N)c(SC2CC(=O)N(c3ccc(C(=O)OCC(=O)c4ccc(OC)cc4)cc3)C2=O)n1. The molecular weight excluding hydrogens is 530 g/mol. The average Bonchev–Trinajstić information content (AvgIpc) is 3.26. The van der Waals surface area contributed by atoms with Crippen molar-refractivity contribution in [1.82, 2.24) is 4.98 Å². The fourth-order valence-corrected chi connectivity index (χ4v) is 5.19. The zero-order valence-electron chi connectivity index (χ0n) is 22.1. The van der Waals surface area contributed by atoms with Crippen LogP contribution in [-0.4, -0.2) is 47.5 Å². The molecule has 2 aromatic carbocycles. The van der Waals surface area contributed by atoms with E-state index in [1.165, 1.54) is 31.4 Å². The second-order valence-corrected chi connectivity index (χ2v) is 10.2. The minimum absolute atomic E-state index is 0.0352. The fourth-order valence-electron chi connectivity index (χ4n) is 4.07. The number of nitriles is 1. The summed E-state index contributed by atoms with van der Waals surface area (Å²) in [5.74, 6) is -1.27. The number of Topliss-reactive ketones (excluding diaryl/α,β-unsaturated/α-hetero) is 1. The van der Waals surface area contributed by atoms with Gasteiger partial charge >= 0.3 is 5.97 Å². The van der Waals surface area contributed by atoms with Gasteiger partial charge in [0.2, 0.25) is 11.8 Å². The van der Waals surface area contributed by atoms with Gasteiger partial charge in [0.15, 0.2) is 12.4 Å². The maximum absolute atomic E-state index is 13.2. The van der Waals surface area contributed by atoms with Crippen molar-refractivity contribution in [2.45, 2.75) is 42.9 Å². The van der Waals surface area contributed by atoms with Gasteiger partial charge in [0, 0.05) is 17.7 Å². The number of thioether (sulfide) groups is 1. The van der Waals surface area contributed by atoms with Crippen molar-refractivity contribution in [3.05, 3.63) is 83.0 Å². The maximum atomic E-state index is 13.2. The van der Waals surface area contributed by atoms with E-state index >= 15 is 0 Å². The summed E-state index contributed by atoms with van der Waals surface area (Å²) in [5.41, 5.74) is 2.06. The van der Waals surface area contributed by atoms with Crippen LogP contribution in [0.4, 0.5) is 5.69 Å². The third-order valence-corrected chi connectivity index (χ3v) is 7.48. The molecule has 0 N–H and O–H groups in total. The highest BCUT2D eigenvalue weighted by atomic mass is 32.2. The first-order valence-corrected chi connectivity index (χ1v) is 13.6. The van der Waals surface area contributed by atoms with Crippen molar-refractivity contribution in [3.8, 4) is 11.8 Å². The first-order chi connectivity index (χ1) is 19.3. The summed E-state index contributed by atoms with van der Waals surface area (Å²) in [6.45, 7) is 1.64. The van der Waals surface area contributed by atoms with Crippen molar-refractivity contribution >= 4 is 41.0 Å². The lowest BCUT2D eigenvalue weighted by Gasteiger charge is -2.15. The van der Waals surface area contributed by atoms with Crippen LogP contribution in [0.15, 0.2) is 65.7 Å². The van der Waals surface area contributed by atoms with E-state index in [4.69, 9.17) is 9.47 Å². The van der Waals surface area contributed by atoms with Crippen molar-refractivity contribution in [1.29, 1.82) is 5.26 Å². The monoisotopic (exact) mass is 557 g/mol. The van der Waals surface area contributed by atoms with E-state index in [2.05, 4.69) is 18.0 Å². The Bertz CT molecular complexity index is 1460. The molecule has 0 radical (unpaired) electrons. The molecule has 2 amide bonds. The highest BCUT2D eigenvalue weighted by Crippen LogP contribution is 2.35. The number of methoxy groups -OCH3 is 1. The number of unbranched alkanes of at least 4 members (excludes halogenated alkanes) is 1. The van der Waals surface area contributed by atoms with Crippen molar-refractivity contribution < 1.29 is 28.7 Å². The maximum Gasteiger partial charge on any atom is 0.338 e. The quantitative estimate of drug-likeness (QED) is 0.186. The largest absolute Gasteiger partial charge is 0.497 e. The molecule has 3 aromatic rings. The summed E-state index contributed by atoms with van der Waals surface area (Å²) in [7, 11) is 1.52. The van der Waals surface area contributed by atoms with Gasteiger partial charge in [-0.05, 0) is 73.5 Å². The van der Waals surface area contributed by atoms with Crippen LogP contribution in [0, 0.1) is 11.3 Å². The molecule has 2 heterocycles. The Kier molecular flexibility index (Phi) is 9.30. The number of anilines is 1. The molecule has 9 nitrogen and oxygen atoms in total. The Morgan fingerprint density at radius 1 is 1.05 bits per heavy atom. The molecule has 1 aliphatic rings. The molecule has 10 heteroatoms. The second-order valence-electron chi connectivity index (χ2n) is 9.02. The smallest absolute Gasteiger partial charge is 0.338 e. The lowest BCUT2D eigenvalue weighted by molar-refractivity contribution is -0.121. The summed E-state index contributed by atoms with van der Waals surface area (Å²) in [6, 6.07) is 17.9. The molecule has 1 aromatic heterocycles. The lowest BCUT2D eigenvalue weighted by atomic mass is 10.1. The first-order valence-electron chi connectivity index (χ1n) is 12.7. The van der Waals surface area contributed by atoms with Crippen LogP contribution < -0.4 is 9.64 Å². The summed E-state index contributed by atoms with van der Waals surface area (Å²) < 4.78 is 10.2. The predicted molar refractivity (Wildman–Crippen MR) is 148 cm³/mol. The Balaban J connectivity index is 1.39. The van der Waals surface area contributed by atoms with Crippen molar-refractivity contribution in [3.63, 3.8) is 0 Å². The molecule has 0 spiro atoms. The number of aromatic nitrogens is 1. The second kappa shape index (κ2) is 13.0. The summed E-state index contributed by atoms with van der Waals surface area (Å²) in [5, 5.41) is 9.21. The molecule has 40 heavy (non-hydrogen) atoms. The number of hydrogen-bond donors (Lipinski definition) is 0. The molecule has 1 saturated heterocycles. The Hall–Kier alpha value is -4.49. The number of ether oxygens (including phenoxy) is 2. The minimum Gasteiger partial charge on any atom is -0.497 e. The van der Waals surface area contributed by atoms with E-state index in [0.717, 1.165) is 41.6 Å². The van der Waals surface area contributed by atoms with Gasteiger partial charge in [0.05, 0.1) is 29.2 Å². The molecule has 0 bridgehead atoms. The van der Waals surface area contributed by atoms with Gasteiger partial charge in [-0.1, -0.05) is 25.1 Å². The molecule has 204 valence electrons. The number of carbonyl (C=O) groups is 4. The van der Waals surface area contributed by atoms with Crippen molar-refractivity contribution in [2.24, 2.45) is 0 Å². The number of aryl methyl sites for hydroxylation is 1. The van der Waals surface area contributed by atoms with E-state index in [1.54, 1.807) is 30.3 Å². The standard InChI is InChI=1S/C30H27N3O6S/c1-3-4-5-22-11-6-21(17-31)28(32-22)40-26-16-27(35)33(29(26)36)23-12-7-20(8-13-23)30(37)39-18-25(34)19-9-14-24(38-2)15-10-19/h6-15,26H,3-5,16,18H2,1-2H3. The van der Waals surface area contributed by atoms with Crippen LogP contribution in [0.5, 0.6) is 5.75 Å². The number of esters is 1. The average molecular weight is 558 g/mol. The Morgan fingerprint density at radius 3 is 2.40 bits per heavy atom. The molecule has 1 fully saturated rings. The Labute approximate surface area is 236 Å². The van der Waals surface area contributed by atoms with Crippen molar-refractivity contribution in [2.75, 3.05) is 18.6 Å². The molecule has 0 saturated carbocycles. The van der Waals surface area contributed by atoms with Crippen LogP contribution in [0.1, 0.15) is 58.2 Å². The topological polar surface area (TPSA) is 127 Å². The molecular formula is C30H27N3O6S. The highest BCUT2D eigenvalue weighted by Gasteiger charge is 2.40. The van der Waals surface area contributed by atoms with Gasteiger partial charge in [-0.2, -0.15) is 5.26 Å².